The Hall–Kier alpha value is -2.32. The minimum atomic E-state index is 0.0821. The molecular weight excluding hydrogens is 380 g/mol. The third-order valence-electron chi connectivity index (χ3n) is 5.79. The highest BCUT2D eigenvalue weighted by atomic mass is 16.5. The maximum absolute atomic E-state index is 11.6. The van der Waals surface area contributed by atoms with E-state index in [1.807, 2.05) is 0 Å². The largest absolute Gasteiger partial charge is 0.379 e. The van der Waals surface area contributed by atoms with Gasteiger partial charge in [-0.25, -0.2) is 0 Å². The van der Waals surface area contributed by atoms with Gasteiger partial charge in [0.2, 0.25) is 5.91 Å². The van der Waals surface area contributed by atoms with Crippen molar-refractivity contribution in [1.29, 1.82) is 0 Å². The molecule has 3 rings (SSSR count). The monoisotopic (exact) mass is 416 g/mol. The van der Waals surface area contributed by atoms with Crippen molar-refractivity contribution in [1.82, 2.24) is 20.9 Å². The van der Waals surface area contributed by atoms with Crippen molar-refractivity contribution < 1.29 is 9.53 Å². The Kier molecular flexibility index (Phi) is 8.33. The summed E-state index contributed by atoms with van der Waals surface area (Å²) in [6.45, 7) is 11.7. The zero-order chi connectivity index (χ0) is 21.3. The van der Waals surface area contributed by atoms with Gasteiger partial charge in [0.25, 0.3) is 0 Å². The summed E-state index contributed by atoms with van der Waals surface area (Å²) in [5, 5.41) is 9.76. The van der Waals surface area contributed by atoms with Crippen molar-refractivity contribution in [3.05, 3.63) is 29.8 Å². The first kappa shape index (κ1) is 22.4. The SMILES string of the molecule is CN=C(NCc1ccc(N2CCNC(=O)C2)cc1)NCC(C(C)C)N1CCOCC1. The standard InChI is InChI=1S/C22H36N6O2/c1-17(2)20(27-10-12-30-13-11-27)15-26-22(23-3)25-14-18-4-6-19(7-5-18)28-9-8-24-21(29)16-28/h4-7,17,20H,8-16H2,1-3H3,(H,24,29)(H2,23,25,26). The number of hydrogen-bond donors (Lipinski definition) is 3. The van der Waals surface area contributed by atoms with Gasteiger partial charge in [-0.15, -0.1) is 0 Å². The van der Waals surface area contributed by atoms with E-state index in [2.05, 4.69) is 68.9 Å². The fourth-order valence-corrected chi connectivity index (χ4v) is 3.99. The second-order valence-corrected chi connectivity index (χ2v) is 8.20. The summed E-state index contributed by atoms with van der Waals surface area (Å²) in [4.78, 5) is 20.6. The number of carbonyl (C=O) groups is 1. The quantitative estimate of drug-likeness (QED) is 0.447. The molecule has 0 aromatic heterocycles. The van der Waals surface area contributed by atoms with E-state index in [0.717, 1.165) is 51.0 Å². The second kappa shape index (κ2) is 11.2. The number of amides is 1. The molecule has 1 atom stereocenters. The van der Waals surface area contributed by atoms with Crippen LogP contribution in [0, 0.1) is 5.92 Å². The van der Waals surface area contributed by atoms with E-state index in [1.165, 1.54) is 5.56 Å². The Bertz CT molecular complexity index is 700. The molecule has 0 bridgehead atoms. The van der Waals surface area contributed by atoms with Crippen LogP contribution in [-0.2, 0) is 16.1 Å². The molecule has 1 aromatic carbocycles. The zero-order valence-corrected chi connectivity index (χ0v) is 18.5. The van der Waals surface area contributed by atoms with E-state index in [1.54, 1.807) is 7.05 Å². The lowest BCUT2D eigenvalue weighted by atomic mass is 10.0. The van der Waals surface area contributed by atoms with Crippen molar-refractivity contribution in [3.8, 4) is 0 Å². The van der Waals surface area contributed by atoms with Gasteiger partial charge in [-0.3, -0.25) is 14.7 Å². The van der Waals surface area contributed by atoms with Crippen molar-refractivity contribution in [2.75, 3.05) is 64.4 Å². The fourth-order valence-electron chi connectivity index (χ4n) is 3.99. The number of nitrogens with one attached hydrogen (secondary N) is 3. The molecule has 2 aliphatic heterocycles. The molecule has 0 saturated carbocycles. The normalized spacial score (nSPS) is 19.5. The summed E-state index contributed by atoms with van der Waals surface area (Å²) in [6.07, 6.45) is 0. The fraction of sp³-hybridized carbons (Fsp3) is 0.636. The first-order valence-electron chi connectivity index (χ1n) is 10.9. The summed E-state index contributed by atoms with van der Waals surface area (Å²) in [5.74, 6) is 1.45. The molecule has 2 fully saturated rings. The zero-order valence-electron chi connectivity index (χ0n) is 18.5. The van der Waals surface area contributed by atoms with Crippen LogP contribution in [-0.4, -0.2) is 82.3 Å². The molecule has 2 saturated heterocycles. The molecule has 0 radical (unpaired) electrons. The van der Waals surface area contributed by atoms with Gasteiger partial charge in [0.15, 0.2) is 5.96 Å². The lowest BCUT2D eigenvalue weighted by Gasteiger charge is -2.37. The molecule has 1 unspecified atom stereocenters. The second-order valence-electron chi connectivity index (χ2n) is 8.20. The molecule has 8 nitrogen and oxygen atoms in total. The van der Waals surface area contributed by atoms with Crippen LogP contribution in [0.3, 0.4) is 0 Å². The minimum absolute atomic E-state index is 0.0821. The first-order chi connectivity index (χ1) is 14.6. The van der Waals surface area contributed by atoms with E-state index in [4.69, 9.17) is 4.74 Å². The number of ether oxygens (including phenoxy) is 1. The number of nitrogens with zero attached hydrogens (tertiary/aromatic N) is 3. The van der Waals surface area contributed by atoms with Crippen molar-refractivity contribution in [2.24, 2.45) is 10.9 Å². The average molecular weight is 417 g/mol. The number of anilines is 1. The van der Waals surface area contributed by atoms with Gasteiger partial charge < -0.3 is 25.6 Å². The van der Waals surface area contributed by atoms with Crippen LogP contribution < -0.4 is 20.9 Å². The van der Waals surface area contributed by atoms with Crippen LogP contribution in [0.25, 0.3) is 0 Å². The lowest BCUT2D eigenvalue weighted by molar-refractivity contribution is -0.120. The smallest absolute Gasteiger partial charge is 0.239 e. The van der Waals surface area contributed by atoms with E-state index in [-0.39, 0.29) is 5.91 Å². The minimum Gasteiger partial charge on any atom is -0.379 e. The molecule has 30 heavy (non-hydrogen) atoms. The van der Waals surface area contributed by atoms with Crippen LogP contribution >= 0.6 is 0 Å². The van der Waals surface area contributed by atoms with Crippen LogP contribution in [0.1, 0.15) is 19.4 Å². The molecular formula is C22H36N6O2. The predicted molar refractivity (Wildman–Crippen MR) is 121 cm³/mol. The number of piperazine rings is 1. The third kappa shape index (κ3) is 6.34. The van der Waals surface area contributed by atoms with Crippen LogP contribution in [0.4, 0.5) is 5.69 Å². The number of rotatable bonds is 7. The highest BCUT2D eigenvalue weighted by molar-refractivity contribution is 5.82. The number of benzene rings is 1. The molecule has 2 heterocycles. The molecule has 166 valence electrons. The summed E-state index contributed by atoms with van der Waals surface area (Å²) in [5.41, 5.74) is 2.26. The summed E-state index contributed by atoms with van der Waals surface area (Å²) < 4.78 is 5.50. The Morgan fingerprint density at radius 1 is 1.17 bits per heavy atom. The molecule has 0 aliphatic carbocycles. The summed E-state index contributed by atoms with van der Waals surface area (Å²) in [7, 11) is 1.80. The molecule has 2 aliphatic rings. The molecule has 1 amide bonds. The number of hydrogen-bond acceptors (Lipinski definition) is 5. The van der Waals surface area contributed by atoms with Gasteiger partial charge in [-0.05, 0) is 23.6 Å². The van der Waals surface area contributed by atoms with Gasteiger partial charge in [0.05, 0.1) is 19.8 Å². The topological polar surface area (TPSA) is 81.2 Å². The highest BCUT2D eigenvalue weighted by Crippen LogP contribution is 2.16. The molecule has 1 aromatic rings. The van der Waals surface area contributed by atoms with E-state index < -0.39 is 0 Å². The Morgan fingerprint density at radius 2 is 1.90 bits per heavy atom. The summed E-state index contributed by atoms with van der Waals surface area (Å²) in [6, 6.07) is 8.82. The van der Waals surface area contributed by atoms with Crippen LogP contribution in [0.2, 0.25) is 0 Å². The van der Waals surface area contributed by atoms with Crippen molar-refractivity contribution >= 4 is 17.6 Å². The van der Waals surface area contributed by atoms with E-state index >= 15 is 0 Å². The Balaban J connectivity index is 1.48. The van der Waals surface area contributed by atoms with Gasteiger partial charge >= 0.3 is 0 Å². The number of morpholine rings is 1. The van der Waals surface area contributed by atoms with Crippen LogP contribution in [0.15, 0.2) is 29.3 Å². The van der Waals surface area contributed by atoms with E-state index in [9.17, 15) is 4.79 Å². The first-order valence-corrected chi connectivity index (χ1v) is 10.9. The third-order valence-corrected chi connectivity index (χ3v) is 5.79. The maximum atomic E-state index is 11.6. The molecule has 0 spiro atoms. The van der Waals surface area contributed by atoms with Gasteiger partial charge in [-0.1, -0.05) is 26.0 Å². The van der Waals surface area contributed by atoms with Crippen LogP contribution in [0.5, 0.6) is 0 Å². The van der Waals surface area contributed by atoms with Crippen molar-refractivity contribution in [3.63, 3.8) is 0 Å². The van der Waals surface area contributed by atoms with Gasteiger partial charge in [-0.2, -0.15) is 0 Å². The average Bonchev–Trinajstić information content (AvgIpc) is 2.77. The molecule has 3 N–H and O–H groups in total. The summed E-state index contributed by atoms with van der Waals surface area (Å²) >= 11 is 0. The van der Waals surface area contributed by atoms with Gasteiger partial charge in [0, 0.05) is 58.0 Å². The number of carbonyl (C=O) groups excluding carboxylic acids is 1. The number of guanidine groups is 1. The van der Waals surface area contributed by atoms with Gasteiger partial charge in [0.1, 0.15) is 0 Å². The molecule has 8 heteroatoms. The highest BCUT2D eigenvalue weighted by Gasteiger charge is 2.24. The van der Waals surface area contributed by atoms with E-state index in [0.29, 0.717) is 31.6 Å². The Labute approximate surface area is 180 Å². The number of aliphatic imine (C=N–C) groups is 1. The van der Waals surface area contributed by atoms with Crippen molar-refractivity contribution in [2.45, 2.75) is 26.4 Å². The maximum Gasteiger partial charge on any atom is 0.239 e. The lowest BCUT2D eigenvalue weighted by Crippen LogP contribution is -2.52. The predicted octanol–water partition coefficient (Wildman–Crippen LogP) is 0.645. The Morgan fingerprint density at radius 3 is 2.53 bits per heavy atom.